The maximum atomic E-state index is 11.9. The van der Waals surface area contributed by atoms with Crippen LogP contribution in [0.1, 0.15) is 10.4 Å². The molecule has 7 nitrogen and oxygen atoms in total. The summed E-state index contributed by atoms with van der Waals surface area (Å²) in [7, 11) is -2.10. The topological polar surface area (TPSA) is 118 Å². The number of hydrogen-bond donors (Lipinski definition) is 3. The van der Waals surface area contributed by atoms with Crippen LogP contribution < -0.4 is 10.5 Å². The van der Waals surface area contributed by atoms with Crippen LogP contribution in [0.5, 0.6) is 0 Å². The molecule has 2 aromatic carbocycles. The summed E-state index contributed by atoms with van der Waals surface area (Å²) >= 11 is 0. The van der Waals surface area contributed by atoms with Gasteiger partial charge in [0, 0.05) is 34.5 Å². The van der Waals surface area contributed by atoms with Gasteiger partial charge >= 0.3 is 0 Å². The molecule has 146 valence electrons. The minimum Gasteiger partial charge on any atom is -0.366 e. The Bertz CT molecular complexity index is 1310. The van der Waals surface area contributed by atoms with E-state index in [2.05, 4.69) is 14.7 Å². The fourth-order valence-corrected chi connectivity index (χ4v) is 3.89. The van der Waals surface area contributed by atoms with Gasteiger partial charge in [0.05, 0.1) is 4.90 Å². The van der Waals surface area contributed by atoms with Gasteiger partial charge in [0.25, 0.3) is 0 Å². The molecule has 2 heterocycles. The van der Waals surface area contributed by atoms with Crippen LogP contribution >= 0.6 is 0 Å². The van der Waals surface area contributed by atoms with Crippen LogP contribution in [0, 0.1) is 0 Å². The van der Waals surface area contributed by atoms with E-state index < -0.39 is 15.9 Å². The molecule has 0 saturated carbocycles. The SMILES string of the molecule is CNS(=O)(=O)c1ccc(-c2cnc3[nH]cc(-c4ccc(C(N)=O)cc4)c3c2)cc1. The average molecular weight is 406 g/mol. The highest BCUT2D eigenvalue weighted by Crippen LogP contribution is 2.31. The van der Waals surface area contributed by atoms with E-state index in [9.17, 15) is 13.2 Å². The van der Waals surface area contributed by atoms with Crippen molar-refractivity contribution < 1.29 is 13.2 Å². The molecule has 0 bridgehead atoms. The predicted molar refractivity (Wildman–Crippen MR) is 112 cm³/mol. The number of aromatic nitrogens is 2. The van der Waals surface area contributed by atoms with Gasteiger partial charge in [-0.3, -0.25) is 4.79 Å². The van der Waals surface area contributed by atoms with Gasteiger partial charge in [-0.15, -0.1) is 0 Å². The molecule has 0 aliphatic heterocycles. The fourth-order valence-electron chi connectivity index (χ4n) is 3.16. The summed E-state index contributed by atoms with van der Waals surface area (Å²) < 4.78 is 26.1. The minimum absolute atomic E-state index is 0.203. The van der Waals surface area contributed by atoms with Crippen LogP contribution in [0.2, 0.25) is 0 Å². The number of H-pyrrole nitrogens is 1. The lowest BCUT2D eigenvalue weighted by Crippen LogP contribution is -2.18. The molecular formula is C21H18N4O3S. The van der Waals surface area contributed by atoms with E-state index in [1.54, 1.807) is 42.6 Å². The first-order chi connectivity index (χ1) is 13.9. The summed E-state index contributed by atoms with van der Waals surface area (Å²) in [6.45, 7) is 0. The second-order valence-corrected chi connectivity index (χ2v) is 8.38. The molecule has 0 spiro atoms. The van der Waals surface area contributed by atoms with Crippen LogP contribution in [-0.2, 0) is 10.0 Å². The predicted octanol–water partition coefficient (Wildman–Crippen LogP) is 2.90. The third kappa shape index (κ3) is 3.51. The van der Waals surface area contributed by atoms with Gasteiger partial charge in [0.1, 0.15) is 5.65 Å². The Morgan fingerprint density at radius 2 is 1.66 bits per heavy atom. The molecule has 1 amide bonds. The number of nitrogens with zero attached hydrogens (tertiary/aromatic N) is 1. The van der Waals surface area contributed by atoms with Crippen LogP contribution in [0.3, 0.4) is 0 Å². The number of sulfonamides is 1. The molecule has 0 aliphatic carbocycles. The smallest absolute Gasteiger partial charge is 0.248 e. The Morgan fingerprint density at radius 1 is 1.00 bits per heavy atom. The number of benzene rings is 2. The van der Waals surface area contributed by atoms with Crippen molar-refractivity contribution in [3.63, 3.8) is 0 Å². The van der Waals surface area contributed by atoms with Crippen molar-refractivity contribution >= 4 is 27.0 Å². The van der Waals surface area contributed by atoms with Gasteiger partial charge < -0.3 is 10.7 Å². The number of hydrogen-bond acceptors (Lipinski definition) is 4. The number of rotatable bonds is 5. The number of primary amides is 1. The molecule has 0 radical (unpaired) electrons. The van der Waals surface area contributed by atoms with E-state index in [4.69, 9.17) is 5.73 Å². The molecule has 0 atom stereocenters. The first kappa shape index (κ1) is 18.9. The molecule has 0 aliphatic rings. The molecule has 4 aromatic rings. The third-order valence-corrected chi connectivity index (χ3v) is 6.21. The Morgan fingerprint density at radius 3 is 2.28 bits per heavy atom. The summed E-state index contributed by atoms with van der Waals surface area (Å²) in [6, 6.07) is 15.7. The molecule has 0 saturated heterocycles. The van der Waals surface area contributed by atoms with Crippen LogP contribution in [0.4, 0.5) is 0 Å². The second-order valence-electron chi connectivity index (χ2n) is 6.50. The number of amides is 1. The normalized spacial score (nSPS) is 11.6. The summed E-state index contributed by atoms with van der Waals surface area (Å²) in [6.07, 6.45) is 3.60. The van der Waals surface area contributed by atoms with E-state index in [0.29, 0.717) is 5.56 Å². The summed E-state index contributed by atoms with van der Waals surface area (Å²) in [5.41, 5.74) is 10.1. The number of pyridine rings is 1. The third-order valence-electron chi connectivity index (χ3n) is 4.78. The highest BCUT2D eigenvalue weighted by Gasteiger charge is 2.13. The number of fused-ring (bicyclic) bond motifs is 1. The van der Waals surface area contributed by atoms with Crippen molar-refractivity contribution in [2.45, 2.75) is 4.90 Å². The van der Waals surface area contributed by atoms with Gasteiger partial charge in [-0.25, -0.2) is 18.1 Å². The zero-order chi connectivity index (χ0) is 20.6. The number of carbonyl (C=O) groups is 1. The standard InChI is InChI=1S/C21H18N4O3S/c1-23-29(27,28)17-8-6-13(7-9-17)16-10-18-19(12-25-21(18)24-11-16)14-2-4-15(5-3-14)20(22)26/h2-12,23H,1H3,(H2,22,26)(H,24,25). The molecular weight excluding hydrogens is 388 g/mol. The van der Waals surface area contributed by atoms with Gasteiger partial charge in [-0.1, -0.05) is 24.3 Å². The molecule has 8 heteroatoms. The average Bonchev–Trinajstić information content (AvgIpc) is 3.17. The Kier molecular flexibility index (Phi) is 4.65. The highest BCUT2D eigenvalue weighted by molar-refractivity contribution is 7.89. The molecule has 2 aromatic heterocycles. The van der Waals surface area contributed by atoms with E-state index in [1.807, 2.05) is 24.4 Å². The van der Waals surface area contributed by atoms with E-state index in [-0.39, 0.29) is 4.90 Å². The summed E-state index contributed by atoms with van der Waals surface area (Å²) in [4.78, 5) is 19.1. The number of aromatic amines is 1. The minimum atomic E-state index is -3.48. The molecule has 0 fully saturated rings. The summed E-state index contributed by atoms with van der Waals surface area (Å²) in [5.74, 6) is -0.469. The maximum absolute atomic E-state index is 11.9. The Labute approximate surface area is 167 Å². The molecule has 4 N–H and O–H groups in total. The molecule has 0 unspecified atom stereocenters. The van der Waals surface area contributed by atoms with Gasteiger partial charge in [0.15, 0.2) is 0 Å². The van der Waals surface area contributed by atoms with Crippen LogP contribution in [0.25, 0.3) is 33.3 Å². The molecule has 4 rings (SSSR count). The number of nitrogens with one attached hydrogen (secondary N) is 2. The van der Waals surface area contributed by atoms with E-state index >= 15 is 0 Å². The van der Waals surface area contributed by atoms with Crippen molar-refractivity contribution in [3.8, 4) is 22.3 Å². The zero-order valence-corrected chi connectivity index (χ0v) is 16.3. The van der Waals surface area contributed by atoms with Crippen molar-refractivity contribution in [2.75, 3.05) is 7.05 Å². The van der Waals surface area contributed by atoms with Crippen LogP contribution in [0.15, 0.2) is 71.9 Å². The number of nitrogens with two attached hydrogens (primary N) is 1. The largest absolute Gasteiger partial charge is 0.366 e. The van der Waals surface area contributed by atoms with Crippen molar-refractivity contribution in [3.05, 3.63) is 72.6 Å². The maximum Gasteiger partial charge on any atom is 0.248 e. The quantitative estimate of drug-likeness (QED) is 0.472. The zero-order valence-electron chi connectivity index (χ0n) is 15.5. The Hall–Kier alpha value is -3.49. The lowest BCUT2D eigenvalue weighted by atomic mass is 10.0. The first-order valence-electron chi connectivity index (χ1n) is 8.80. The van der Waals surface area contributed by atoms with Crippen LogP contribution in [-0.4, -0.2) is 31.3 Å². The first-order valence-corrected chi connectivity index (χ1v) is 10.3. The summed E-state index contributed by atoms with van der Waals surface area (Å²) in [5, 5.41) is 0.918. The lowest BCUT2D eigenvalue weighted by Gasteiger charge is -2.06. The number of carbonyl (C=O) groups excluding carboxylic acids is 1. The Balaban J connectivity index is 1.74. The molecule has 29 heavy (non-hydrogen) atoms. The van der Waals surface area contributed by atoms with Gasteiger partial charge in [-0.2, -0.15) is 0 Å². The van der Waals surface area contributed by atoms with Crippen molar-refractivity contribution in [1.29, 1.82) is 0 Å². The van der Waals surface area contributed by atoms with Gasteiger partial charge in [0.2, 0.25) is 15.9 Å². The fraction of sp³-hybridized carbons (Fsp3) is 0.0476. The lowest BCUT2D eigenvalue weighted by molar-refractivity contribution is 0.100. The van der Waals surface area contributed by atoms with E-state index in [0.717, 1.165) is 33.3 Å². The monoisotopic (exact) mass is 406 g/mol. The van der Waals surface area contributed by atoms with Crippen molar-refractivity contribution in [1.82, 2.24) is 14.7 Å². The highest BCUT2D eigenvalue weighted by atomic mass is 32.2. The van der Waals surface area contributed by atoms with Crippen molar-refractivity contribution in [2.24, 2.45) is 5.73 Å². The van der Waals surface area contributed by atoms with E-state index in [1.165, 1.54) is 7.05 Å². The second kappa shape index (κ2) is 7.16. The van der Waals surface area contributed by atoms with Gasteiger partial charge in [-0.05, 0) is 48.5 Å².